The van der Waals surface area contributed by atoms with E-state index in [9.17, 15) is 4.79 Å². The fourth-order valence-corrected chi connectivity index (χ4v) is 1.34. The lowest BCUT2D eigenvalue weighted by molar-refractivity contribution is -0.146. The first-order valence-corrected chi connectivity index (χ1v) is 5.37. The van der Waals surface area contributed by atoms with Crippen molar-refractivity contribution < 1.29 is 14.4 Å². The van der Waals surface area contributed by atoms with E-state index in [0.29, 0.717) is 19.6 Å². The van der Waals surface area contributed by atoms with Gasteiger partial charge in [-0.25, -0.2) is 5.90 Å². The van der Waals surface area contributed by atoms with Gasteiger partial charge in [0.1, 0.15) is 4.75 Å². The van der Waals surface area contributed by atoms with E-state index in [4.69, 9.17) is 10.6 Å². The van der Waals surface area contributed by atoms with Crippen LogP contribution in [0.15, 0.2) is 0 Å². The van der Waals surface area contributed by atoms with E-state index in [-0.39, 0.29) is 18.4 Å². The number of ether oxygens (including phenoxy) is 1. The summed E-state index contributed by atoms with van der Waals surface area (Å²) < 4.78 is 4.39. The van der Waals surface area contributed by atoms with Gasteiger partial charge < -0.3 is 9.57 Å². The van der Waals surface area contributed by atoms with Crippen LogP contribution in [0.3, 0.4) is 0 Å². The average Bonchev–Trinajstić information content (AvgIpc) is 2.14. The molecule has 0 saturated heterocycles. The Labute approximate surface area is 95.3 Å². The molecule has 4 nitrogen and oxygen atoms in total. The maximum atomic E-state index is 11.5. The third-order valence-corrected chi connectivity index (χ3v) is 3.13. The lowest BCUT2D eigenvalue weighted by Gasteiger charge is -2.24. The number of hydrogen-bond donors (Lipinski definition) is 1. The van der Waals surface area contributed by atoms with Gasteiger partial charge in [0.25, 0.3) is 0 Å². The maximum absolute atomic E-state index is 11.5. The molecule has 86 valence electrons. The smallest absolute Gasteiger partial charge is 0.321 e. The standard InChI is InChI=1S/C8H17NO3S.ClH/c1-4-11-7(10)8(2,13-3)5-6-12-9;/h4-6,9H2,1-3H3;1H. The molecule has 1 unspecified atom stereocenters. The number of thioether (sulfide) groups is 1. The molecule has 1 atom stereocenters. The summed E-state index contributed by atoms with van der Waals surface area (Å²) in [6.07, 6.45) is 2.43. The molecule has 2 N–H and O–H groups in total. The largest absolute Gasteiger partial charge is 0.465 e. The number of esters is 1. The Hall–Kier alpha value is 0.0300. The minimum Gasteiger partial charge on any atom is -0.465 e. The van der Waals surface area contributed by atoms with Crippen molar-refractivity contribution in [1.29, 1.82) is 0 Å². The van der Waals surface area contributed by atoms with Crippen LogP contribution in [0.1, 0.15) is 20.3 Å². The van der Waals surface area contributed by atoms with Gasteiger partial charge in [-0.05, 0) is 26.5 Å². The van der Waals surface area contributed by atoms with E-state index >= 15 is 0 Å². The molecule has 0 aromatic rings. The van der Waals surface area contributed by atoms with Gasteiger partial charge in [-0.3, -0.25) is 4.79 Å². The molecule has 0 aliphatic heterocycles. The maximum Gasteiger partial charge on any atom is 0.321 e. The average molecular weight is 244 g/mol. The Balaban J connectivity index is 0. The van der Waals surface area contributed by atoms with Gasteiger partial charge in [0.05, 0.1) is 13.2 Å². The zero-order valence-corrected chi connectivity index (χ0v) is 10.4. The number of halogens is 1. The molecule has 0 spiro atoms. The van der Waals surface area contributed by atoms with E-state index in [1.807, 2.05) is 13.2 Å². The normalized spacial score (nSPS) is 14.0. The van der Waals surface area contributed by atoms with Crippen LogP contribution in [0.5, 0.6) is 0 Å². The number of carbonyl (C=O) groups excluding carboxylic acids is 1. The van der Waals surface area contributed by atoms with Crippen LogP contribution in [0, 0.1) is 0 Å². The summed E-state index contributed by atoms with van der Waals surface area (Å²) in [5.41, 5.74) is 0. The molecule has 0 rings (SSSR count). The molecule has 6 heteroatoms. The summed E-state index contributed by atoms with van der Waals surface area (Å²) in [7, 11) is 0. The molecule has 0 aromatic carbocycles. The molecule has 0 aliphatic carbocycles. The molecule has 0 aliphatic rings. The Morgan fingerprint density at radius 1 is 1.57 bits per heavy atom. The Morgan fingerprint density at radius 3 is 2.50 bits per heavy atom. The van der Waals surface area contributed by atoms with E-state index in [1.54, 1.807) is 6.92 Å². The van der Waals surface area contributed by atoms with Crippen molar-refractivity contribution in [1.82, 2.24) is 0 Å². The Kier molecular flexibility index (Phi) is 9.81. The van der Waals surface area contributed by atoms with Crippen molar-refractivity contribution >= 4 is 30.1 Å². The van der Waals surface area contributed by atoms with Gasteiger partial charge in [-0.1, -0.05) is 0 Å². The SMILES string of the molecule is CCOC(=O)C(C)(CCON)SC.Cl. The van der Waals surface area contributed by atoms with E-state index in [1.165, 1.54) is 11.8 Å². The van der Waals surface area contributed by atoms with Crippen molar-refractivity contribution in [3.05, 3.63) is 0 Å². The fourth-order valence-electron chi connectivity index (χ4n) is 0.825. The third kappa shape index (κ3) is 5.05. The summed E-state index contributed by atoms with van der Waals surface area (Å²) in [5.74, 6) is 4.69. The highest BCUT2D eigenvalue weighted by molar-refractivity contribution is 8.00. The zero-order chi connectivity index (χ0) is 10.3. The third-order valence-electron chi connectivity index (χ3n) is 1.85. The van der Waals surface area contributed by atoms with E-state index in [2.05, 4.69) is 4.84 Å². The first-order valence-electron chi connectivity index (χ1n) is 4.14. The number of nitrogens with two attached hydrogens (primary N) is 1. The highest BCUT2D eigenvalue weighted by Crippen LogP contribution is 2.27. The lowest BCUT2D eigenvalue weighted by atomic mass is 10.1. The molecular weight excluding hydrogens is 226 g/mol. The predicted octanol–water partition coefficient (Wildman–Crippen LogP) is 1.37. The van der Waals surface area contributed by atoms with Crippen LogP contribution >= 0.6 is 24.2 Å². The summed E-state index contributed by atoms with van der Waals surface area (Å²) in [6, 6.07) is 0. The van der Waals surface area contributed by atoms with Crippen molar-refractivity contribution in [3.63, 3.8) is 0 Å². The number of hydrogen-bond acceptors (Lipinski definition) is 5. The first kappa shape index (κ1) is 16.5. The van der Waals surface area contributed by atoms with Crippen molar-refractivity contribution in [2.75, 3.05) is 19.5 Å². The summed E-state index contributed by atoms with van der Waals surface area (Å²) in [5, 5.41) is 0. The topological polar surface area (TPSA) is 61.5 Å². The van der Waals surface area contributed by atoms with E-state index in [0.717, 1.165) is 0 Å². The first-order chi connectivity index (χ1) is 6.10. The fraction of sp³-hybridized carbons (Fsp3) is 0.875. The second-order valence-corrected chi connectivity index (χ2v) is 4.09. The van der Waals surface area contributed by atoms with Crippen LogP contribution in [-0.4, -0.2) is 30.2 Å². The summed E-state index contributed by atoms with van der Waals surface area (Å²) in [6.45, 7) is 4.38. The van der Waals surface area contributed by atoms with Crippen molar-refractivity contribution in [2.24, 2.45) is 5.90 Å². The summed E-state index contributed by atoms with van der Waals surface area (Å²) in [4.78, 5) is 15.9. The van der Waals surface area contributed by atoms with Crippen LogP contribution < -0.4 is 5.90 Å². The Bertz CT molecular complexity index is 171. The molecule has 0 fully saturated rings. The molecule has 0 aromatic heterocycles. The van der Waals surface area contributed by atoms with E-state index < -0.39 is 4.75 Å². The predicted molar refractivity (Wildman–Crippen MR) is 60.6 cm³/mol. The molecule has 14 heavy (non-hydrogen) atoms. The molecule has 0 amide bonds. The second kappa shape index (κ2) is 8.35. The van der Waals surface area contributed by atoms with Crippen LogP contribution in [-0.2, 0) is 14.4 Å². The highest BCUT2D eigenvalue weighted by atomic mass is 35.5. The van der Waals surface area contributed by atoms with Gasteiger partial charge in [0.2, 0.25) is 0 Å². The van der Waals surface area contributed by atoms with Gasteiger partial charge in [0.15, 0.2) is 0 Å². The minimum absolute atomic E-state index is 0. The van der Waals surface area contributed by atoms with Crippen molar-refractivity contribution in [3.8, 4) is 0 Å². The molecule has 0 heterocycles. The number of rotatable bonds is 6. The Morgan fingerprint density at radius 2 is 2.14 bits per heavy atom. The molecule has 0 saturated carbocycles. The van der Waals surface area contributed by atoms with Crippen LogP contribution in [0.2, 0.25) is 0 Å². The second-order valence-electron chi connectivity index (χ2n) is 2.78. The van der Waals surface area contributed by atoms with Gasteiger partial charge in [0, 0.05) is 0 Å². The van der Waals surface area contributed by atoms with Crippen LogP contribution in [0.4, 0.5) is 0 Å². The van der Waals surface area contributed by atoms with Crippen LogP contribution in [0.25, 0.3) is 0 Å². The summed E-state index contributed by atoms with van der Waals surface area (Å²) >= 11 is 1.45. The van der Waals surface area contributed by atoms with Crippen molar-refractivity contribution in [2.45, 2.75) is 25.0 Å². The minimum atomic E-state index is -0.546. The van der Waals surface area contributed by atoms with Gasteiger partial charge >= 0.3 is 5.97 Å². The molecule has 0 radical (unpaired) electrons. The highest BCUT2D eigenvalue weighted by Gasteiger charge is 2.33. The monoisotopic (exact) mass is 243 g/mol. The molecular formula is C8H18ClNO3S. The van der Waals surface area contributed by atoms with Gasteiger partial charge in [-0.15, -0.1) is 24.2 Å². The lowest BCUT2D eigenvalue weighted by Crippen LogP contribution is -2.35. The quantitative estimate of drug-likeness (QED) is 0.564. The zero-order valence-electron chi connectivity index (χ0n) is 8.74. The van der Waals surface area contributed by atoms with Gasteiger partial charge in [-0.2, -0.15) is 0 Å². The number of carbonyl (C=O) groups is 1. The molecule has 0 bridgehead atoms.